The van der Waals surface area contributed by atoms with Gasteiger partial charge in [-0.25, -0.2) is 9.36 Å². The summed E-state index contributed by atoms with van der Waals surface area (Å²) in [6, 6.07) is 10.7. The molecule has 0 bridgehead atoms. The summed E-state index contributed by atoms with van der Waals surface area (Å²) in [4.78, 5) is 15.0. The second-order valence-electron chi connectivity index (χ2n) is 8.80. The summed E-state index contributed by atoms with van der Waals surface area (Å²) in [5.41, 5.74) is 3.68. The van der Waals surface area contributed by atoms with Crippen LogP contribution in [-0.2, 0) is 16.1 Å². The normalized spacial score (nSPS) is 20.0. The van der Waals surface area contributed by atoms with Crippen molar-refractivity contribution in [3.05, 3.63) is 60.0 Å². The number of aryl methyl sites for hydroxylation is 1. The van der Waals surface area contributed by atoms with Crippen molar-refractivity contribution in [2.75, 3.05) is 31.6 Å². The van der Waals surface area contributed by atoms with Crippen LogP contribution in [-0.4, -0.2) is 56.7 Å². The lowest BCUT2D eigenvalue weighted by molar-refractivity contribution is -0.119. The fraction of sp³-hybridized carbons (Fsp3) is 0.458. The highest BCUT2D eigenvalue weighted by molar-refractivity contribution is 5.92. The third-order valence-electron chi connectivity index (χ3n) is 6.51. The molecule has 0 radical (unpaired) electrons. The molecule has 2 aliphatic rings. The van der Waals surface area contributed by atoms with Crippen LogP contribution < -0.4 is 5.32 Å². The zero-order chi connectivity index (χ0) is 21.9. The van der Waals surface area contributed by atoms with Gasteiger partial charge < -0.3 is 10.1 Å². The SMILES string of the molecule is Cc1ccc(-n2cccn2)c(CN2CCC(n3nccc3NC(=O)[C@@H]3CCOC3)CC2)c1. The van der Waals surface area contributed by atoms with Gasteiger partial charge in [0.25, 0.3) is 0 Å². The van der Waals surface area contributed by atoms with Crippen LogP contribution in [0.25, 0.3) is 5.69 Å². The molecule has 0 spiro atoms. The average molecular weight is 435 g/mol. The summed E-state index contributed by atoms with van der Waals surface area (Å²) in [5.74, 6) is 0.769. The number of ether oxygens (including phenoxy) is 1. The number of nitrogens with zero attached hydrogens (tertiary/aromatic N) is 5. The minimum Gasteiger partial charge on any atom is -0.381 e. The number of carbonyl (C=O) groups is 1. The number of likely N-dealkylation sites (tertiary alicyclic amines) is 1. The van der Waals surface area contributed by atoms with E-state index in [2.05, 4.69) is 45.5 Å². The number of rotatable bonds is 6. The van der Waals surface area contributed by atoms with Crippen LogP contribution in [0.3, 0.4) is 0 Å². The second-order valence-corrected chi connectivity index (χ2v) is 8.80. The van der Waals surface area contributed by atoms with Crippen LogP contribution in [0.4, 0.5) is 5.82 Å². The molecule has 1 atom stereocenters. The van der Waals surface area contributed by atoms with Crippen molar-refractivity contribution in [3.8, 4) is 5.69 Å². The van der Waals surface area contributed by atoms with Gasteiger partial charge in [0.1, 0.15) is 5.82 Å². The van der Waals surface area contributed by atoms with Crippen molar-refractivity contribution in [2.24, 2.45) is 5.92 Å². The number of hydrogen-bond acceptors (Lipinski definition) is 5. The lowest BCUT2D eigenvalue weighted by Gasteiger charge is -2.33. The first-order chi connectivity index (χ1) is 15.7. The van der Waals surface area contributed by atoms with E-state index >= 15 is 0 Å². The maximum Gasteiger partial charge on any atom is 0.231 e. The van der Waals surface area contributed by atoms with Crippen molar-refractivity contribution in [1.29, 1.82) is 0 Å². The largest absolute Gasteiger partial charge is 0.381 e. The van der Waals surface area contributed by atoms with Crippen LogP contribution in [0.15, 0.2) is 48.9 Å². The molecule has 8 nitrogen and oxygen atoms in total. The lowest BCUT2D eigenvalue weighted by Crippen LogP contribution is -2.35. The molecule has 0 saturated carbocycles. The fourth-order valence-electron chi connectivity index (χ4n) is 4.71. The molecule has 1 amide bonds. The fourth-order valence-corrected chi connectivity index (χ4v) is 4.71. The smallest absolute Gasteiger partial charge is 0.231 e. The summed E-state index contributed by atoms with van der Waals surface area (Å²) in [6.07, 6.45) is 8.37. The van der Waals surface area contributed by atoms with Gasteiger partial charge in [-0.2, -0.15) is 10.2 Å². The van der Waals surface area contributed by atoms with Gasteiger partial charge in [0.2, 0.25) is 5.91 Å². The van der Waals surface area contributed by atoms with Crippen LogP contribution >= 0.6 is 0 Å². The van der Waals surface area contributed by atoms with E-state index in [0.29, 0.717) is 19.3 Å². The first-order valence-electron chi connectivity index (χ1n) is 11.4. The van der Waals surface area contributed by atoms with Crippen LogP contribution in [0.2, 0.25) is 0 Å². The number of aromatic nitrogens is 4. The summed E-state index contributed by atoms with van der Waals surface area (Å²) in [6.45, 7) is 6.18. The maximum atomic E-state index is 12.5. The van der Waals surface area contributed by atoms with Gasteiger partial charge in [-0.3, -0.25) is 9.69 Å². The second kappa shape index (κ2) is 9.26. The third-order valence-corrected chi connectivity index (χ3v) is 6.51. The highest BCUT2D eigenvalue weighted by Gasteiger charge is 2.27. The number of amides is 1. The molecule has 5 rings (SSSR count). The van der Waals surface area contributed by atoms with Gasteiger partial charge in [0, 0.05) is 44.7 Å². The van der Waals surface area contributed by atoms with E-state index in [9.17, 15) is 4.79 Å². The highest BCUT2D eigenvalue weighted by Crippen LogP contribution is 2.28. The van der Waals surface area contributed by atoms with Gasteiger partial charge in [-0.1, -0.05) is 17.7 Å². The number of hydrogen-bond donors (Lipinski definition) is 1. The Morgan fingerprint density at radius 3 is 2.78 bits per heavy atom. The Morgan fingerprint density at radius 1 is 1.16 bits per heavy atom. The quantitative estimate of drug-likeness (QED) is 0.645. The highest BCUT2D eigenvalue weighted by atomic mass is 16.5. The van der Waals surface area contributed by atoms with E-state index in [4.69, 9.17) is 4.74 Å². The van der Waals surface area contributed by atoms with Crippen molar-refractivity contribution in [2.45, 2.75) is 38.8 Å². The van der Waals surface area contributed by atoms with Crippen molar-refractivity contribution < 1.29 is 9.53 Å². The topological polar surface area (TPSA) is 77.2 Å². The zero-order valence-corrected chi connectivity index (χ0v) is 18.5. The van der Waals surface area contributed by atoms with Gasteiger partial charge in [0.05, 0.1) is 30.5 Å². The number of carbonyl (C=O) groups excluding carboxylic acids is 1. The monoisotopic (exact) mass is 434 g/mol. The molecular formula is C24H30N6O2. The number of benzene rings is 1. The first-order valence-corrected chi connectivity index (χ1v) is 11.4. The predicted octanol–water partition coefficient (Wildman–Crippen LogP) is 3.19. The van der Waals surface area contributed by atoms with E-state index < -0.39 is 0 Å². The van der Waals surface area contributed by atoms with Crippen molar-refractivity contribution >= 4 is 11.7 Å². The third kappa shape index (κ3) is 4.47. The Labute approximate surface area is 188 Å². The van der Waals surface area contributed by atoms with Gasteiger partial charge in [-0.05, 0) is 43.9 Å². The number of nitrogens with one attached hydrogen (secondary N) is 1. The molecule has 32 heavy (non-hydrogen) atoms. The van der Waals surface area contributed by atoms with E-state index in [1.54, 1.807) is 6.20 Å². The number of anilines is 1. The Hall–Kier alpha value is -2.97. The van der Waals surface area contributed by atoms with E-state index in [1.165, 1.54) is 11.1 Å². The molecule has 1 aromatic carbocycles. The Balaban J connectivity index is 1.22. The predicted molar refractivity (Wildman–Crippen MR) is 122 cm³/mol. The van der Waals surface area contributed by atoms with E-state index in [0.717, 1.165) is 50.4 Å². The molecule has 0 aliphatic carbocycles. The molecule has 2 fully saturated rings. The summed E-state index contributed by atoms with van der Waals surface area (Å²) >= 11 is 0. The van der Waals surface area contributed by atoms with Crippen LogP contribution in [0.5, 0.6) is 0 Å². The lowest BCUT2D eigenvalue weighted by atomic mass is 10.0. The standard InChI is InChI=1S/C24H30N6O2/c1-18-3-4-22(29-11-2-9-25-29)20(15-18)16-28-12-6-21(7-13-28)30-23(5-10-26-30)27-24(31)19-8-14-32-17-19/h2-5,9-11,15,19,21H,6-8,12-14,16-17H2,1H3,(H,27,31)/t19-/m1/s1. The van der Waals surface area contributed by atoms with Gasteiger partial charge in [-0.15, -0.1) is 0 Å². The minimum atomic E-state index is -0.0569. The molecule has 2 aromatic heterocycles. The molecule has 4 heterocycles. The first kappa shape index (κ1) is 20.9. The zero-order valence-electron chi connectivity index (χ0n) is 18.5. The van der Waals surface area contributed by atoms with Crippen molar-refractivity contribution in [3.63, 3.8) is 0 Å². The van der Waals surface area contributed by atoms with Gasteiger partial charge in [0.15, 0.2) is 0 Å². The minimum absolute atomic E-state index is 0.0345. The molecule has 1 N–H and O–H groups in total. The molecule has 8 heteroatoms. The molecule has 2 aliphatic heterocycles. The summed E-state index contributed by atoms with van der Waals surface area (Å²) in [7, 11) is 0. The Bertz CT molecular complexity index is 1050. The van der Waals surface area contributed by atoms with Crippen LogP contribution in [0.1, 0.15) is 36.4 Å². The molecule has 2 saturated heterocycles. The van der Waals surface area contributed by atoms with Crippen molar-refractivity contribution in [1.82, 2.24) is 24.5 Å². The number of piperidine rings is 1. The molecule has 0 unspecified atom stereocenters. The van der Waals surface area contributed by atoms with E-state index in [-0.39, 0.29) is 11.8 Å². The summed E-state index contributed by atoms with van der Waals surface area (Å²) < 4.78 is 9.28. The molecule has 168 valence electrons. The van der Waals surface area contributed by atoms with E-state index in [1.807, 2.05) is 33.9 Å². The molecule has 3 aromatic rings. The van der Waals surface area contributed by atoms with Gasteiger partial charge >= 0.3 is 0 Å². The average Bonchev–Trinajstić information content (AvgIpc) is 3.57. The Kier molecular flexibility index (Phi) is 6.05. The maximum absolute atomic E-state index is 12.5. The molecular weight excluding hydrogens is 404 g/mol. The Morgan fingerprint density at radius 2 is 2.03 bits per heavy atom. The summed E-state index contributed by atoms with van der Waals surface area (Å²) in [5, 5.41) is 12.0. The van der Waals surface area contributed by atoms with Crippen LogP contribution in [0, 0.1) is 12.8 Å².